The fourth-order valence-corrected chi connectivity index (χ4v) is 3.39. The fourth-order valence-electron chi connectivity index (χ4n) is 3.39. The van der Waals surface area contributed by atoms with Gasteiger partial charge in [-0.15, -0.1) is 0 Å². The van der Waals surface area contributed by atoms with Crippen LogP contribution in [0.1, 0.15) is 38.9 Å². The number of carboxylic acid groups (broad SMARTS) is 1. The molecule has 0 spiro atoms. The minimum atomic E-state index is -0.923. The fraction of sp³-hybridized carbons (Fsp3) is 0.160. The van der Waals surface area contributed by atoms with E-state index in [4.69, 9.17) is 0 Å². The molecule has 0 saturated carbocycles. The maximum atomic E-state index is 12.4. The Hall–Kier alpha value is -3.13. The van der Waals surface area contributed by atoms with Crippen molar-refractivity contribution in [3.05, 3.63) is 106 Å². The Labute approximate surface area is 160 Å². The number of rotatable bonds is 4. The third-order valence-corrected chi connectivity index (χ3v) is 4.65. The second-order valence-electron chi connectivity index (χ2n) is 7.16. The van der Waals surface area contributed by atoms with Crippen LogP contribution in [0.15, 0.2) is 66.7 Å². The van der Waals surface area contributed by atoms with Gasteiger partial charge < -0.3 is 5.11 Å². The van der Waals surface area contributed by atoms with Gasteiger partial charge in [0.1, 0.15) is 0 Å². The van der Waals surface area contributed by atoms with E-state index in [9.17, 15) is 9.90 Å². The molecular weight excluding hydrogens is 332 g/mol. The highest BCUT2D eigenvalue weighted by molar-refractivity contribution is 6.26. The summed E-state index contributed by atoms with van der Waals surface area (Å²) in [6.07, 6.45) is 0. The Bertz CT molecular complexity index is 987. The molecule has 3 rings (SSSR count). The van der Waals surface area contributed by atoms with Crippen LogP contribution in [0.4, 0.5) is 0 Å². The lowest BCUT2D eigenvalue weighted by molar-refractivity contribution is -0.130. The number of aryl methyl sites for hydroxylation is 4. The topological polar surface area (TPSA) is 37.3 Å². The largest absolute Gasteiger partial charge is 0.478 e. The molecule has 2 nitrogen and oxygen atoms in total. The predicted octanol–water partition coefficient (Wildman–Crippen LogP) is 5.96. The van der Waals surface area contributed by atoms with Crippen LogP contribution >= 0.6 is 0 Å². The molecule has 0 bridgehead atoms. The van der Waals surface area contributed by atoms with E-state index in [-0.39, 0.29) is 0 Å². The first-order valence-electron chi connectivity index (χ1n) is 9.05. The molecular formula is C25H24O2. The number of hydrogen-bond acceptors (Lipinski definition) is 1. The Kier molecular flexibility index (Phi) is 5.27. The highest BCUT2D eigenvalue weighted by Crippen LogP contribution is 2.34. The highest BCUT2D eigenvalue weighted by atomic mass is 16.4. The van der Waals surface area contributed by atoms with Gasteiger partial charge in [-0.05, 0) is 44.4 Å². The molecule has 1 N–H and O–H groups in total. The van der Waals surface area contributed by atoms with Crippen LogP contribution in [0.3, 0.4) is 0 Å². The molecule has 0 heterocycles. The average Bonchev–Trinajstić information content (AvgIpc) is 2.60. The van der Waals surface area contributed by atoms with E-state index < -0.39 is 5.97 Å². The molecule has 0 aliphatic carbocycles. The molecule has 3 aromatic rings. The molecule has 0 atom stereocenters. The second-order valence-corrected chi connectivity index (χ2v) is 7.16. The minimum absolute atomic E-state index is 0.323. The zero-order valence-electron chi connectivity index (χ0n) is 16.2. The van der Waals surface area contributed by atoms with E-state index >= 15 is 0 Å². The van der Waals surface area contributed by atoms with Crippen molar-refractivity contribution in [2.45, 2.75) is 27.7 Å². The van der Waals surface area contributed by atoms with Gasteiger partial charge in [0.2, 0.25) is 0 Å². The van der Waals surface area contributed by atoms with Crippen LogP contribution in [0.2, 0.25) is 0 Å². The summed E-state index contributed by atoms with van der Waals surface area (Å²) in [5.74, 6) is -0.923. The van der Waals surface area contributed by atoms with Gasteiger partial charge in [-0.1, -0.05) is 89.0 Å². The molecule has 27 heavy (non-hydrogen) atoms. The predicted molar refractivity (Wildman–Crippen MR) is 112 cm³/mol. The molecule has 3 aromatic carbocycles. The van der Waals surface area contributed by atoms with Gasteiger partial charge in [0.25, 0.3) is 0 Å². The molecule has 0 unspecified atom stereocenters. The summed E-state index contributed by atoms with van der Waals surface area (Å²) in [7, 11) is 0. The van der Waals surface area contributed by atoms with Crippen molar-refractivity contribution in [2.24, 2.45) is 0 Å². The monoisotopic (exact) mass is 356 g/mol. The number of hydrogen-bond donors (Lipinski definition) is 1. The summed E-state index contributed by atoms with van der Waals surface area (Å²) < 4.78 is 0. The lowest BCUT2D eigenvalue weighted by Gasteiger charge is -2.16. The van der Waals surface area contributed by atoms with E-state index in [0.717, 1.165) is 39.0 Å². The number of carboxylic acids is 1. The van der Waals surface area contributed by atoms with E-state index in [0.29, 0.717) is 11.1 Å². The lowest BCUT2D eigenvalue weighted by atomic mass is 9.87. The zero-order valence-corrected chi connectivity index (χ0v) is 16.2. The molecule has 0 aliphatic rings. The van der Waals surface area contributed by atoms with E-state index in [1.54, 1.807) is 0 Å². The third-order valence-electron chi connectivity index (χ3n) is 4.65. The molecule has 0 aliphatic heterocycles. The molecule has 2 heteroatoms. The number of aliphatic carboxylic acids is 1. The Morgan fingerprint density at radius 1 is 0.593 bits per heavy atom. The van der Waals surface area contributed by atoms with E-state index in [1.165, 1.54) is 0 Å². The summed E-state index contributed by atoms with van der Waals surface area (Å²) >= 11 is 0. The standard InChI is InChI=1S/C25H24O2/c1-16-5-9-20(10-6-16)23(22-14-18(3)13-19(4)15-22)24(25(26)27)21-11-7-17(2)8-12-21/h5-15H,1-4H3,(H,26,27)/b24-23-. The van der Waals surface area contributed by atoms with Crippen LogP contribution in [-0.2, 0) is 4.79 Å². The third kappa shape index (κ3) is 4.17. The van der Waals surface area contributed by atoms with Crippen molar-refractivity contribution in [2.75, 3.05) is 0 Å². The van der Waals surface area contributed by atoms with Gasteiger partial charge in [-0.25, -0.2) is 4.79 Å². The molecule has 0 saturated heterocycles. The maximum absolute atomic E-state index is 12.4. The van der Waals surface area contributed by atoms with Crippen molar-refractivity contribution in [1.29, 1.82) is 0 Å². The molecule has 0 radical (unpaired) electrons. The smallest absolute Gasteiger partial charge is 0.336 e. The van der Waals surface area contributed by atoms with Crippen molar-refractivity contribution in [3.63, 3.8) is 0 Å². The van der Waals surface area contributed by atoms with Crippen molar-refractivity contribution in [1.82, 2.24) is 0 Å². The van der Waals surface area contributed by atoms with Crippen LogP contribution in [0.25, 0.3) is 11.1 Å². The van der Waals surface area contributed by atoms with Crippen molar-refractivity contribution in [3.8, 4) is 0 Å². The normalized spacial score (nSPS) is 11.9. The summed E-state index contributed by atoms with van der Waals surface area (Å²) in [4.78, 5) is 12.4. The van der Waals surface area contributed by atoms with E-state index in [2.05, 4.69) is 18.2 Å². The summed E-state index contributed by atoms with van der Waals surface area (Å²) in [5, 5.41) is 10.1. The zero-order chi connectivity index (χ0) is 19.6. The Morgan fingerprint density at radius 2 is 1.04 bits per heavy atom. The SMILES string of the molecule is Cc1ccc(/C(C(=O)O)=C(\c2ccc(C)cc2)c2cc(C)cc(C)c2)cc1. The van der Waals surface area contributed by atoms with Gasteiger partial charge in [-0.3, -0.25) is 0 Å². The highest BCUT2D eigenvalue weighted by Gasteiger charge is 2.20. The number of benzene rings is 3. The molecule has 0 aromatic heterocycles. The molecule has 0 fully saturated rings. The average molecular weight is 356 g/mol. The maximum Gasteiger partial charge on any atom is 0.336 e. The first-order valence-corrected chi connectivity index (χ1v) is 9.05. The second kappa shape index (κ2) is 7.63. The summed E-state index contributed by atoms with van der Waals surface area (Å²) in [6, 6.07) is 21.9. The first-order chi connectivity index (χ1) is 12.8. The van der Waals surface area contributed by atoms with E-state index in [1.807, 2.05) is 76.2 Å². The van der Waals surface area contributed by atoms with Gasteiger partial charge >= 0.3 is 5.97 Å². The minimum Gasteiger partial charge on any atom is -0.478 e. The van der Waals surface area contributed by atoms with Crippen molar-refractivity contribution >= 4 is 17.1 Å². The van der Waals surface area contributed by atoms with Crippen LogP contribution in [0, 0.1) is 27.7 Å². The van der Waals surface area contributed by atoms with Crippen LogP contribution < -0.4 is 0 Å². The van der Waals surface area contributed by atoms with Crippen LogP contribution in [0.5, 0.6) is 0 Å². The van der Waals surface area contributed by atoms with Crippen molar-refractivity contribution < 1.29 is 9.90 Å². The first kappa shape index (κ1) is 18.7. The van der Waals surface area contributed by atoms with Gasteiger partial charge in [0.05, 0.1) is 5.57 Å². The molecule has 0 amide bonds. The lowest BCUT2D eigenvalue weighted by Crippen LogP contribution is -2.05. The quantitative estimate of drug-likeness (QED) is 0.462. The molecule has 136 valence electrons. The van der Waals surface area contributed by atoms with Gasteiger partial charge in [0, 0.05) is 5.57 Å². The van der Waals surface area contributed by atoms with Gasteiger partial charge in [-0.2, -0.15) is 0 Å². The Balaban J connectivity index is 2.38. The summed E-state index contributed by atoms with van der Waals surface area (Å²) in [5.41, 5.74) is 8.09. The van der Waals surface area contributed by atoms with Crippen LogP contribution in [-0.4, -0.2) is 11.1 Å². The van der Waals surface area contributed by atoms with Gasteiger partial charge in [0.15, 0.2) is 0 Å². The summed E-state index contributed by atoms with van der Waals surface area (Å²) in [6.45, 7) is 8.10. The number of carbonyl (C=O) groups is 1. The Morgan fingerprint density at radius 3 is 1.48 bits per heavy atom.